The molecule has 31 heavy (non-hydrogen) atoms. The van der Waals surface area contributed by atoms with Gasteiger partial charge in [0.25, 0.3) is 0 Å². The minimum absolute atomic E-state index is 0.0397. The third-order valence-corrected chi connectivity index (χ3v) is 4.66. The molecular formula is C24H26ClNO5. The summed E-state index contributed by atoms with van der Waals surface area (Å²) in [4.78, 5) is 18.0. The van der Waals surface area contributed by atoms with Gasteiger partial charge in [-0.25, -0.2) is 4.79 Å². The normalized spacial score (nSPS) is 11.5. The zero-order valence-corrected chi connectivity index (χ0v) is 18.1. The van der Waals surface area contributed by atoms with E-state index in [0.29, 0.717) is 12.1 Å². The Bertz CT molecular complexity index is 954. The van der Waals surface area contributed by atoms with Crippen LogP contribution in [-0.4, -0.2) is 28.5 Å². The third kappa shape index (κ3) is 7.19. The Morgan fingerprint density at radius 1 is 1.23 bits per heavy atom. The molecule has 0 aliphatic carbocycles. The summed E-state index contributed by atoms with van der Waals surface area (Å²) >= 11 is 6.28. The number of ether oxygens (including phenoxy) is 1. The van der Waals surface area contributed by atoms with Crippen molar-refractivity contribution in [1.82, 2.24) is 0 Å². The molecule has 0 saturated carbocycles. The van der Waals surface area contributed by atoms with Crippen LogP contribution in [0.15, 0.2) is 66.4 Å². The summed E-state index contributed by atoms with van der Waals surface area (Å²) in [5.41, 5.74) is 1.49. The number of oxime groups is 1. The first-order valence-corrected chi connectivity index (χ1v) is 10.3. The van der Waals surface area contributed by atoms with Gasteiger partial charge in [0.2, 0.25) is 0 Å². The second-order valence-corrected chi connectivity index (χ2v) is 7.00. The summed E-state index contributed by atoms with van der Waals surface area (Å²) in [6, 6.07) is 10.6. The molecule has 0 bridgehead atoms. The number of phenolic OH excluding ortho intramolecular Hbond substituents is 2. The van der Waals surface area contributed by atoms with E-state index in [9.17, 15) is 15.0 Å². The van der Waals surface area contributed by atoms with Gasteiger partial charge in [-0.3, -0.25) is 0 Å². The van der Waals surface area contributed by atoms with Crippen LogP contribution in [-0.2, 0) is 22.6 Å². The first kappa shape index (κ1) is 24.0. The van der Waals surface area contributed by atoms with Gasteiger partial charge < -0.3 is 19.8 Å². The molecule has 0 unspecified atom stereocenters. The highest BCUT2D eigenvalue weighted by Gasteiger charge is 2.24. The van der Waals surface area contributed by atoms with E-state index < -0.39 is 11.7 Å². The lowest BCUT2D eigenvalue weighted by Gasteiger charge is -2.14. The molecule has 6 nitrogen and oxygen atoms in total. The minimum Gasteiger partial charge on any atom is -0.507 e. The van der Waals surface area contributed by atoms with Gasteiger partial charge in [0.15, 0.2) is 0 Å². The standard InChI is InChI=1S/C24H26ClNO5/c1-3-5-12-18(26-31-16-17-10-8-7-9-11-17)14-19-22(24(29)30-13-6-4-2)20(27)15-21(28)23(19)25/h4-5,7-12,15,27-28H,2-3,6,13-14,16H2,1H3/b12-5+,26-18+. The number of esters is 1. The molecule has 7 heteroatoms. The SMILES string of the molecule is C=CCCOC(=O)c1c(O)cc(O)c(Cl)c1CC(/C=C/CC)=N/OCc1ccccc1. The summed E-state index contributed by atoms with van der Waals surface area (Å²) in [6.07, 6.45) is 6.50. The van der Waals surface area contributed by atoms with E-state index in [1.54, 1.807) is 12.2 Å². The summed E-state index contributed by atoms with van der Waals surface area (Å²) in [5, 5.41) is 24.5. The molecule has 0 aromatic heterocycles. The molecule has 0 heterocycles. The highest BCUT2D eigenvalue weighted by Crippen LogP contribution is 2.37. The Morgan fingerprint density at radius 2 is 1.97 bits per heavy atom. The van der Waals surface area contributed by atoms with Crippen LogP contribution in [0.2, 0.25) is 5.02 Å². The molecule has 2 rings (SSSR count). The van der Waals surface area contributed by atoms with Gasteiger partial charge in [-0.15, -0.1) is 6.58 Å². The maximum atomic E-state index is 12.6. The number of aromatic hydroxyl groups is 2. The quantitative estimate of drug-likeness (QED) is 0.156. The lowest BCUT2D eigenvalue weighted by molar-refractivity contribution is 0.0507. The van der Waals surface area contributed by atoms with Gasteiger partial charge in [0.05, 0.1) is 17.3 Å². The van der Waals surface area contributed by atoms with Crippen molar-refractivity contribution in [3.8, 4) is 11.5 Å². The summed E-state index contributed by atoms with van der Waals surface area (Å²) < 4.78 is 5.19. The number of nitrogens with zero attached hydrogens (tertiary/aromatic N) is 1. The second-order valence-electron chi connectivity index (χ2n) is 6.62. The average Bonchev–Trinajstić information content (AvgIpc) is 2.76. The Balaban J connectivity index is 2.33. The Hall–Kier alpha value is -3.25. The van der Waals surface area contributed by atoms with Crippen LogP contribution in [0.25, 0.3) is 0 Å². The third-order valence-electron chi connectivity index (χ3n) is 4.24. The van der Waals surface area contributed by atoms with Crippen molar-refractivity contribution in [1.29, 1.82) is 0 Å². The van der Waals surface area contributed by atoms with Gasteiger partial charge in [-0.1, -0.05) is 66.2 Å². The largest absolute Gasteiger partial charge is 0.507 e. The predicted octanol–water partition coefficient (Wildman–Crippen LogP) is 5.57. The zero-order valence-electron chi connectivity index (χ0n) is 17.4. The van der Waals surface area contributed by atoms with E-state index in [2.05, 4.69) is 11.7 Å². The Morgan fingerprint density at radius 3 is 2.65 bits per heavy atom. The molecule has 0 aliphatic rings. The number of phenols is 2. The molecule has 2 aromatic carbocycles. The molecule has 0 radical (unpaired) electrons. The van der Waals surface area contributed by atoms with E-state index in [4.69, 9.17) is 21.2 Å². The fourth-order valence-electron chi connectivity index (χ4n) is 2.71. The number of benzene rings is 2. The van der Waals surface area contributed by atoms with Crippen molar-refractivity contribution >= 4 is 23.3 Å². The lowest BCUT2D eigenvalue weighted by Crippen LogP contribution is -2.13. The van der Waals surface area contributed by atoms with Crippen molar-refractivity contribution in [2.45, 2.75) is 32.8 Å². The van der Waals surface area contributed by atoms with Crippen LogP contribution in [0, 0.1) is 0 Å². The van der Waals surface area contributed by atoms with Crippen LogP contribution in [0.5, 0.6) is 11.5 Å². The Labute approximate surface area is 187 Å². The first-order valence-electron chi connectivity index (χ1n) is 9.88. The van der Waals surface area contributed by atoms with Gasteiger partial charge in [0, 0.05) is 12.5 Å². The van der Waals surface area contributed by atoms with Crippen molar-refractivity contribution in [3.63, 3.8) is 0 Å². The van der Waals surface area contributed by atoms with Gasteiger partial charge in [0.1, 0.15) is 23.7 Å². The summed E-state index contributed by atoms with van der Waals surface area (Å²) in [7, 11) is 0. The highest BCUT2D eigenvalue weighted by atomic mass is 35.5. The van der Waals surface area contributed by atoms with Gasteiger partial charge in [-0.2, -0.15) is 0 Å². The van der Waals surface area contributed by atoms with Crippen molar-refractivity contribution in [2.75, 3.05) is 6.61 Å². The van der Waals surface area contributed by atoms with Crippen molar-refractivity contribution < 1.29 is 24.6 Å². The number of halogens is 1. The molecule has 2 N–H and O–H groups in total. The molecule has 2 aromatic rings. The summed E-state index contributed by atoms with van der Waals surface area (Å²) in [6.45, 7) is 5.92. The smallest absolute Gasteiger partial charge is 0.342 e. The number of rotatable bonds is 11. The molecule has 0 fully saturated rings. The van der Waals surface area contributed by atoms with Crippen LogP contribution in [0.4, 0.5) is 0 Å². The maximum Gasteiger partial charge on any atom is 0.342 e. The lowest BCUT2D eigenvalue weighted by atomic mass is 9.99. The average molecular weight is 444 g/mol. The fraction of sp³-hybridized carbons (Fsp3) is 0.250. The Kier molecular flexibility index (Phi) is 9.65. The van der Waals surface area contributed by atoms with E-state index >= 15 is 0 Å². The predicted molar refractivity (Wildman–Crippen MR) is 122 cm³/mol. The number of carbonyl (C=O) groups excluding carboxylic acids is 1. The number of allylic oxidation sites excluding steroid dienone is 2. The monoisotopic (exact) mass is 443 g/mol. The maximum absolute atomic E-state index is 12.6. The van der Waals surface area contributed by atoms with E-state index in [1.807, 2.05) is 43.3 Å². The van der Waals surface area contributed by atoms with Crippen LogP contribution in [0.3, 0.4) is 0 Å². The first-order chi connectivity index (χ1) is 15.0. The van der Waals surface area contributed by atoms with Crippen LogP contribution >= 0.6 is 11.6 Å². The molecule has 0 amide bonds. The van der Waals surface area contributed by atoms with Crippen molar-refractivity contribution in [3.05, 3.63) is 82.9 Å². The number of hydrogen-bond donors (Lipinski definition) is 2. The molecule has 0 spiro atoms. The van der Waals surface area contributed by atoms with E-state index in [-0.39, 0.29) is 41.5 Å². The molecule has 0 atom stereocenters. The van der Waals surface area contributed by atoms with Crippen molar-refractivity contribution in [2.24, 2.45) is 5.16 Å². The molecular weight excluding hydrogens is 418 g/mol. The molecule has 0 saturated heterocycles. The minimum atomic E-state index is -0.750. The number of carbonyl (C=O) groups is 1. The second kappa shape index (κ2) is 12.4. The van der Waals surface area contributed by atoms with Gasteiger partial charge >= 0.3 is 5.97 Å². The van der Waals surface area contributed by atoms with E-state index in [0.717, 1.165) is 18.1 Å². The zero-order chi connectivity index (χ0) is 22.6. The fourth-order valence-corrected chi connectivity index (χ4v) is 2.92. The topological polar surface area (TPSA) is 88.4 Å². The van der Waals surface area contributed by atoms with E-state index in [1.165, 1.54) is 0 Å². The molecule has 164 valence electrons. The van der Waals surface area contributed by atoms with Crippen LogP contribution < -0.4 is 0 Å². The van der Waals surface area contributed by atoms with Gasteiger partial charge in [-0.05, 0) is 30.0 Å². The molecule has 0 aliphatic heterocycles. The number of hydrogen-bond acceptors (Lipinski definition) is 6. The van der Waals surface area contributed by atoms with Crippen LogP contribution in [0.1, 0.15) is 41.3 Å². The highest BCUT2D eigenvalue weighted by molar-refractivity contribution is 6.33. The summed E-state index contributed by atoms with van der Waals surface area (Å²) in [5.74, 6) is -1.52.